The number of halogens is 3. The number of hydrogen-bond donors (Lipinski definition) is 1. The Balaban J connectivity index is 1.53. The Labute approximate surface area is 230 Å². The van der Waals surface area contributed by atoms with Crippen LogP contribution in [-0.2, 0) is 28.7 Å². The summed E-state index contributed by atoms with van der Waals surface area (Å²) in [6.07, 6.45) is 0.263. The first kappa shape index (κ1) is 26.8. The number of alkyl halides is 3. The van der Waals surface area contributed by atoms with Crippen LogP contribution < -0.4 is 9.80 Å². The molecule has 1 fully saturated rings. The number of hydrogen-bond acceptors (Lipinski definition) is 7. The van der Waals surface area contributed by atoms with Crippen LogP contribution in [0, 0.1) is 6.92 Å². The molecule has 0 saturated carbocycles. The van der Waals surface area contributed by atoms with Crippen molar-refractivity contribution in [2.24, 2.45) is 0 Å². The molecule has 1 saturated heterocycles. The highest BCUT2D eigenvalue weighted by Crippen LogP contribution is 2.48. The average molecular weight is 558 g/mol. The minimum Gasteiger partial charge on any atom is -0.381 e. The highest BCUT2D eigenvalue weighted by atomic mass is 19.4. The Morgan fingerprint density at radius 3 is 2.62 bits per heavy atom. The van der Waals surface area contributed by atoms with E-state index in [-0.39, 0.29) is 17.6 Å². The van der Waals surface area contributed by atoms with Gasteiger partial charge in [0.15, 0.2) is 5.82 Å². The third-order valence-electron chi connectivity index (χ3n) is 8.59. The standard InChI is InChI=1S/C28H34F3N7O2/c1-17-15-37(26-13-23(28(29,30)31)20(12-25(26)35(17)3)21-14-32-33-18(21)2)27-22-16-36(8-9-39)7-4-24(22)38(34-27)19-5-10-40-11-6-19/h9,12-14,17,19H,4-8,10-11,15-16H2,1-3H3,(H,32,33). The van der Waals surface area contributed by atoms with Crippen molar-refractivity contribution in [3.05, 3.63) is 40.8 Å². The molecule has 40 heavy (non-hydrogen) atoms. The molecule has 5 heterocycles. The molecule has 3 aliphatic heterocycles. The Kier molecular flexibility index (Phi) is 6.86. The van der Waals surface area contributed by atoms with E-state index in [4.69, 9.17) is 9.84 Å². The molecule has 0 radical (unpaired) electrons. The monoisotopic (exact) mass is 557 g/mol. The molecule has 6 rings (SSSR count). The molecule has 3 aliphatic rings. The number of anilines is 3. The molecule has 2 aromatic heterocycles. The highest BCUT2D eigenvalue weighted by molar-refractivity contribution is 5.86. The normalized spacial score (nSPS) is 20.5. The lowest BCUT2D eigenvalue weighted by Crippen LogP contribution is -2.44. The molecule has 0 amide bonds. The smallest absolute Gasteiger partial charge is 0.381 e. The molecule has 1 unspecified atom stereocenters. The summed E-state index contributed by atoms with van der Waals surface area (Å²) in [6, 6.07) is 3.10. The Morgan fingerprint density at radius 2 is 1.95 bits per heavy atom. The number of fused-ring (bicyclic) bond motifs is 2. The summed E-state index contributed by atoms with van der Waals surface area (Å²) in [5.41, 5.74) is 3.62. The number of carbonyl (C=O) groups is 1. The Hall–Kier alpha value is -3.38. The van der Waals surface area contributed by atoms with Crippen LogP contribution >= 0.6 is 0 Å². The number of aldehydes is 1. The molecule has 1 N–H and O–H groups in total. The maximum atomic E-state index is 14.6. The van der Waals surface area contributed by atoms with E-state index < -0.39 is 11.7 Å². The molecule has 0 spiro atoms. The first-order chi connectivity index (χ1) is 19.2. The highest BCUT2D eigenvalue weighted by Gasteiger charge is 2.40. The zero-order valence-electron chi connectivity index (χ0n) is 23.0. The van der Waals surface area contributed by atoms with Crippen LogP contribution in [0.3, 0.4) is 0 Å². The summed E-state index contributed by atoms with van der Waals surface area (Å²) in [5, 5.41) is 11.9. The molecule has 0 aliphatic carbocycles. The van der Waals surface area contributed by atoms with Crippen molar-refractivity contribution in [2.75, 3.05) is 49.7 Å². The van der Waals surface area contributed by atoms with Gasteiger partial charge in [-0.3, -0.25) is 14.7 Å². The second-order valence-corrected chi connectivity index (χ2v) is 11.0. The van der Waals surface area contributed by atoms with Crippen molar-refractivity contribution in [3.63, 3.8) is 0 Å². The van der Waals surface area contributed by atoms with Crippen molar-refractivity contribution >= 4 is 23.5 Å². The first-order valence-electron chi connectivity index (χ1n) is 13.8. The van der Waals surface area contributed by atoms with Crippen molar-refractivity contribution < 1.29 is 22.7 Å². The van der Waals surface area contributed by atoms with Gasteiger partial charge in [-0.05, 0) is 44.4 Å². The minimum atomic E-state index is -4.57. The third kappa shape index (κ3) is 4.56. The van der Waals surface area contributed by atoms with Crippen LogP contribution in [0.5, 0.6) is 0 Å². The second-order valence-electron chi connectivity index (χ2n) is 11.0. The van der Waals surface area contributed by atoms with Gasteiger partial charge in [0.05, 0.1) is 35.2 Å². The van der Waals surface area contributed by atoms with Gasteiger partial charge in [0, 0.05) is 75.4 Å². The fourth-order valence-corrected chi connectivity index (χ4v) is 6.28. The van der Waals surface area contributed by atoms with E-state index in [9.17, 15) is 18.0 Å². The van der Waals surface area contributed by atoms with E-state index in [1.807, 2.05) is 16.8 Å². The number of nitrogens with zero attached hydrogens (tertiary/aromatic N) is 6. The SMILES string of the molecule is Cc1n[nH]cc1-c1cc2c(cc1C(F)(F)F)N(c1nn(C3CCOCC3)c3c1CN(CC=O)CC3)CC(C)N2C. The van der Waals surface area contributed by atoms with Gasteiger partial charge in [0.2, 0.25) is 0 Å². The summed E-state index contributed by atoms with van der Waals surface area (Å²) in [7, 11) is 1.92. The quantitative estimate of drug-likeness (QED) is 0.463. The number of aryl methyl sites for hydroxylation is 1. The lowest BCUT2D eigenvalue weighted by Gasteiger charge is -2.42. The Morgan fingerprint density at radius 1 is 1.18 bits per heavy atom. The molecule has 0 bridgehead atoms. The van der Waals surface area contributed by atoms with E-state index in [0.29, 0.717) is 61.3 Å². The van der Waals surface area contributed by atoms with E-state index >= 15 is 0 Å². The molecule has 1 aromatic carbocycles. The number of carbonyl (C=O) groups excluding carboxylic acids is 1. The van der Waals surface area contributed by atoms with E-state index in [1.165, 1.54) is 12.3 Å². The molecular formula is C28H34F3N7O2. The van der Waals surface area contributed by atoms with Gasteiger partial charge in [0.1, 0.15) is 6.29 Å². The first-order valence-corrected chi connectivity index (χ1v) is 13.8. The van der Waals surface area contributed by atoms with E-state index in [1.54, 1.807) is 13.0 Å². The fourth-order valence-electron chi connectivity index (χ4n) is 6.28. The zero-order chi connectivity index (χ0) is 28.2. The fraction of sp³-hybridized carbons (Fsp3) is 0.536. The third-order valence-corrected chi connectivity index (χ3v) is 8.59. The zero-order valence-corrected chi connectivity index (χ0v) is 23.0. The number of aromatic nitrogens is 4. The number of nitrogens with one attached hydrogen (secondary N) is 1. The Bertz CT molecular complexity index is 1410. The van der Waals surface area contributed by atoms with Gasteiger partial charge in [-0.15, -0.1) is 0 Å². The van der Waals surface area contributed by atoms with E-state index in [2.05, 4.69) is 26.7 Å². The average Bonchev–Trinajstić information content (AvgIpc) is 3.53. The van der Waals surface area contributed by atoms with Crippen LogP contribution in [0.1, 0.15) is 48.3 Å². The largest absolute Gasteiger partial charge is 0.417 e. The van der Waals surface area contributed by atoms with Crippen LogP contribution in [0.2, 0.25) is 0 Å². The molecule has 3 aromatic rings. The number of rotatable bonds is 5. The topological polar surface area (TPSA) is 82.5 Å². The van der Waals surface area contributed by atoms with Crippen molar-refractivity contribution in [1.82, 2.24) is 24.9 Å². The van der Waals surface area contributed by atoms with E-state index in [0.717, 1.165) is 43.4 Å². The van der Waals surface area contributed by atoms with Crippen molar-refractivity contribution in [1.29, 1.82) is 0 Å². The van der Waals surface area contributed by atoms with Gasteiger partial charge < -0.3 is 19.3 Å². The van der Waals surface area contributed by atoms with Gasteiger partial charge in [0.25, 0.3) is 0 Å². The van der Waals surface area contributed by atoms with Gasteiger partial charge in [-0.25, -0.2) is 0 Å². The van der Waals surface area contributed by atoms with Crippen molar-refractivity contribution in [3.8, 4) is 11.1 Å². The number of H-pyrrole nitrogens is 1. The summed E-state index contributed by atoms with van der Waals surface area (Å²) in [6.45, 7) is 7.14. The molecule has 214 valence electrons. The molecule has 12 heteroatoms. The van der Waals surface area contributed by atoms with Gasteiger partial charge in [-0.1, -0.05) is 0 Å². The minimum absolute atomic E-state index is 0.0149. The van der Waals surface area contributed by atoms with Gasteiger partial charge in [-0.2, -0.15) is 23.4 Å². The maximum Gasteiger partial charge on any atom is 0.417 e. The van der Waals surface area contributed by atoms with Crippen LogP contribution in [-0.4, -0.2) is 77.1 Å². The summed E-state index contributed by atoms with van der Waals surface area (Å²) >= 11 is 0. The predicted molar refractivity (Wildman–Crippen MR) is 145 cm³/mol. The van der Waals surface area contributed by atoms with Crippen LogP contribution in [0.25, 0.3) is 11.1 Å². The summed E-state index contributed by atoms with van der Waals surface area (Å²) in [5.74, 6) is 0.679. The lowest BCUT2D eigenvalue weighted by atomic mass is 9.95. The number of aromatic amines is 1. The predicted octanol–water partition coefficient (Wildman–Crippen LogP) is 4.49. The van der Waals surface area contributed by atoms with Gasteiger partial charge >= 0.3 is 6.18 Å². The second kappa shape index (κ2) is 10.2. The number of likely N-dealkylation sites (N-methyl/N-ethyl adjacent to an activating group) is 1. The number of ether oxygens (including phenoxy) is 1. The summed E-state index contributed by atoms with van der Waals surface area (Å²) < 4.78 is 51.4. The van der Waals surface area contributed by atoms with Crippen molar-refractivity contribution in [2.45, 2.75) is 57.9 Å². The maximum absolute atomic E-state index is 14.6. The summed E-state index contributed by atoms with van der Waals surface area (Å²) in [4.78, 5) is 17.4. The number of benzene rings is 1. The molecule has 9 nitrogen and oxygen atoms in total. The molecule has 1 atom stereocenters. The lowest BCUT2D eigenvalue weighted by molar-refractivity contribution is -0.137. The van der Waals surface area contributed by atoms with Crippen LogP contribution in [0.4, 0.5) is 30.4 Å². The molecular weight excluding hydrogens is 523 g/mol. The van der Waals surface area contributed by atoms with Crippen LogP contribution in [0.15, 0.2) is 18.3 Å².